The van der Waals surface area contributed by atoms with E-state index in [2.05, 4.69) is 9.36 Å². The Kier molecular flexibility index (Phi) is 3.18. The van der Waals surface area contributed by atoms with Crippen LogP contribution in [0.4, 0.5) is 0 Å². The molecule has 0 N–H and O–H groups in total. The number of thioether (sulfide) groups is 1. The summed E-state index contributed by atoms with van der Waals surface area (Å²) in [5.74, 6) is 0.571. The molecule has 0 aliphatic carbocycles. The Morgan fingerprint density at radius 3 is 3.29 bits per heavy atom. The minimum absolute atomic E-state index is 0.571. The average Bonchev–Trinajstić information content (AvgIpc) is 2.85. The molecule has 0 spiro atoms. The fraction of sp³-hybridized carbons (Fsp3) is 0.250. The minimum atomic E-state index is 0.571. The van der Waals surface area contributed by atoms with Crippen molar-refractivity contribution in [1.29, 1.82) is 0 Å². The smallest absolute Gasteiger partial charge is 0.202 e. The highest BCUT2D eigenvalue weighted by Crippen LogP contribution is 2.25. The molecule has 0 bridgehead atoms. The van der Waals surface area contributed by atoms with Gasteiger partial charge in [-0.25, -0.2) is 4.98 Å². The maximum atomic E-state index is 4.97. The minimum Gasteiger partial charge on any atom is -0.472 e. The van der Waals surface area contributed by atoms with Gasteiger partial charge in [0.1, 0.15) is 11.3 Å². The normalized spacial score (nSPS) is 10.6. The number of aromatic nitrogens is 2. The molecule has 2 aromatic rings. The van der Waals surface area contributed by atoms with Gasteiger partial charge in [-0.3, -0.25) is 0 Å². The van der Waals surface area contributed by atoms with E-state index in [0.717, 1.165) is 15.7 Å². The van der Waals surface area contributed by atoms with Crippen molar-refractivity contribution in [3.05, 3.63) is 18.6 Å². The largest absolute Gasteiger partial charge is 0.472 e. The highest BCUT2D eigenvalue weighted by molar-refractivity contribution is 7.99. The monoisotopic (exact) mass is 228 g/mol. The quantitative estimate of drug-likeness (QED) is 0.594. The first-order valence-electron chi connectivity index (χ1n) is 3.88. The summed E-state index contributed by atoms with van der Waals surface area (Å²) in [5, 5.41) is 1.62. The molecule has 14 heavy (non-hydrogen) atoms. The lowest BCUT2D eigenvalue weighted by Crippen LogP contribution is -1.82. The molecule has 6 heteroatoms. The van der Waals surface area contributed by atoms with E-state index in [4.69, 9.17) is 9.15 Å². The molecule has 0 radical (unpaired) electrons. The van der Waals surface area contributed by atoms with Gasteiger partial charge < -0.3 is 9.15 Å². The lowest BCUT2D eigenvalue weighted by atomic mass is 10.4. The zero-order valence-electron chi connectivity index (χ0n) is 7.47. The van der Waals surface area contributed by atoms with Gasteiger partial charge in [0.05, 0.1) is 17.8 Å². The van der Waals surface area contributed by atoms with Crippen LogP contribution in [0.25, 0.3) is 10.6 Å². The van der Waals surface area contributed by atoms with E-state index in [9.17, 15) is 0 Å². The van der Waals surface area contributed by atoms with Crippen LogP contribution in [-0.2, 0) is 4.74 Å². The lowest BCUT2D eigenvalue weighted by Gasteiger charge is -1.91. The molecular formula is C8H8N2O2S2. The first-order valence-corrected chi connectivity index (χ1v) is 5.64. The summed E-state index contributed by atoms with van der Waals surface area (Å²) in [6, 6.07) is 1.87. The molecule has 0 aromatic carbocycles. The van der Waals surface area contributed by atoms with Gasteiger partial charge in [0, 0.05) is 7.11 Å². The van der Waals surface area contributed by atoms with Crippen LogP contribution in [0.5, 0.6) is 0 Å². The molecule has 2 rings (SSSR count). The molecule has 2 aromatic heterocycles. The number of ether oxygens (including phenoxy) is 1. The molecular weight excluding hydrogens is 220 g/mol. The molecule has 0 atom stereocenters. The predicted octanol–water partition coefficient (Wildman–Crippen LogP) is 2.49. The fourth-order valence-corrected chi connectivity index (χ4v) is 2.20. The molecule has 0 saturated heterocycles. The number of furan rings is 1. The van der Waals surface area contributed by atoms with Crippen LogP contribution >= 0.6 is 23.3 Å². The summed E-state index contributed by atoms with van der Waals surface area (Å²) in [5.41, 5.74) is 0.965. The molecule has 74 valence electrons. The van der Waals surface area contributed by atoms with E-state index < -0.39 is 0 Å². The molecule has 4 nitrogen and oxygen atoms in total. The van der Waals surface area contributed by atoms with Gasteiger partial charge in [0.2, 0.25) is 5.16 Å². The summed E-state index contributed by atoms with van der Waals surface area (Å²) in [7, 11) is 1.65. The van der Waals surface area contributed by atoms with Crippen LogP contribution < -0.4 is 0 Å². The standard InChI is InChI=1S/C8H8N2O2S2/c1-11-5-13-8-9-7(14-10-8)6-2-3-12-4-6/h2-4H,5H2,1H3. The van der Waals surface area contributed by atoms with Crippen LogP contribution in [0.3, 0.4) is 0 Å². The van der Waals surface area contributed by atoms with Crippen LogP contribution in [0.15, 0.2) is 28.2 Å². The van der Waals surface area contributed by atoms with E-state index in [-0.39, 0.29) is 0 Å². The Morgan fingerprint density at radius 2 is 2.57 bits per heavy atom. The van der Waals surface area contributed by atoms with Gasteiger partial charge in [-0.2, -0.15) is 4.37 Å². The molecule has 0 aliphatic rings. The van der Waals surface area contributed by atoms with E-state index in [1.165, 1.54) is 23.3 Å². The molecule has 0 fully saturated rings. The topological polar surface area (TPSA) is 48.2 Å². The number of rotatable bonds is 4. The van der Waals surface area contributed by atoms with Gasteiger partial charge in [-0.05, 0) is 17.6 Å². The molecule has 2 heterocycles. The van der Waals surface area contributed by atoms with Crippen molar-refractivity contribution >= 4 is 23.3 Å². The maximum absolute atomic E-state index is 4.97. The van der Waals surface area contributed by atoms with Crippen LogP contribution in [0.1, 0.15) is 0 Å². The number of hydrogen-bond donors (Lipinski definition) is 0. The zero-order valence-corrected chi connectivity index (χ0v) is 9.10. The summed E-state index contributed by atoms with van der Waals surface area (Å²) >= 11 is 2.83. The second-order valence-electron chi connectivity index (χ2n) is 2.44. The van der Waals surface area contributed by atoms with Crippen molar-refractivity contribution in [2.24, 2.45) is 0 Å². The molecule has 0 unspecified atom stereocenters. The van der Waals surface area contributed by atoms with Crippen molar-refractivity contribution in [1.82, 2.24) is 9.36 Å². The summed E-state index contributed by atoms with van der Waals surface area (Å²) in [6.45, 7) is 0. The van der Waals surface area contributed by atoms with Crippen LogP contribution in [-0.4, -0.2) is 22.4 Å². The Hall–Kier alpha value is -0.850. The third-order valence-electron chi connectivity index (χ3n) is 1.48. The number of nitrogens with zero attached hydrogens (tertiary/aromatic N) is 2. The highest BCUT2D eigenvalue weighted by Gasteiger charge is 2.07. The Labute approximate surface area is 89.5 Å². The Bertz CT molecular complexity index is 386. The number of hydrogen-bond acceptors (Lipinski definition) is 6. The van der Waals surface area contributed by atoms with Crippen molar-refractivity contribution in [3.8, 4) is 10.6 Å². The van der Waals surface area contributed by atoms with Crippen molar-refractivity contribution < 1.29 is 9.15 Å². The predicted molar refractivity (Wildman–Crippen MR) is 55.3 cm³/mol. The third-order valence-corrected chi connectivity index (χ3v) is 3.16. The SMILES string of the molecule is COCSc1nsc(-c2ccoc2)n1. The number of methoxy groups -OCH3 is 1. The van der Waals surface area contributed by atoms with Crippen molar-refractivity contribution in [2.75, 3.05) is 13.0 Å². The van der Waals surface area contributed by atoms with E-state index in [0.29, 0.717) is 5.94 Å². The Morgan fingerprint density at radius 1 is 1.64 bits per heavy atom. The van der Waals surface area contributed by atoms with Gasteiger partial charge in [-0.1, -0.05) is 11.8 Å². The van der Waals surface area contributed by atoms with Crippen molar-refractivity contribution in [2.45, 2.75) is 5.16 Å². The van der Waals surface area contributed by atoms with Crippen LogP contribution in [0.2, 0.25) is 0 Å². The second-order valence-corrected chi connectivity index (χ2v) is 4.09. The van der Waals surface area contributed by atoms with Crippen molar-refractivity contribution in [3.63, 3.8) is 0 Å². The summed E-state index contributed by atoms with van der Waals surface area (Å²) < 4.78 is 14.1. The lowest BCUT2D eigenvalue weighted by molar-refractivity contribution is 0.258. The third kappa shape index (κ3) is 2.14. The molecule has 0 amide bonds. The first-order chi connectivity index (χ1) is 6.90. The second kappa shape index (κ2) is 4.59. The van der Waals surface area contributed by atoms with E-state index in [1.54, 1.807) is 19.6 Å². The summed E-state index contributed by atoms with van der Waals surface area (Å²) in [4.78, 5) is 4.32. The highest BCUT2D eigenvalue weighted by atomic mass is 32.2. The summed E-state index contributed by atoms with van der Waals surface area (Å²) in [6.07, 6.45) is 3.28. The zero-order chi connectivity index (χ0) is 9.80. The maximum Gasteiger partial charge on any atom is 0.202 e. The fourth-order valence-electron chi connectivity index (χ4n) is 0.884. The average molecular weight is 228 g/mol. The first kappa shape index (κ1) is 9.70. The van der Waals surface area contributed by atoms with Crippen LogP contribution in [0, 0.1) is 0 Å². The molecule has 0 aliphatic heterocycles. The van der Waals surface area contributed by atoms with E-state index in [1.807, 2.05) is 6.07 Å². The van der Waals surface area contributed by atoms with Gasteiger partial charge in [0.15, 0.2) is 0 Å². The Balaban J connectivity index is 2.10. The van der Waals surface area contributed by atoms with E-state index >= 15 is 0 Å². The van der Waals surface area contributed by atoms with Gasteiger partial charge >= 0.3 is 0 Å². The van der Waals surface area contributed by atoms with Gasteiger partial charge in [-0.15, -0.1) is 0 Å². The molecule has 0 saturated carbocycles. The van der Waals surface area contributed by atoms with Gasteiger partial charge in [0.25, 0.3) is 0 Å².